The maximum atomic E-state index is 11.6. The number of esters is 1. The molecule has 0 bridgehead atoms. The van der Waals surface area contributed by atoms with Gasteiger partial charge in [-0.25, -0.2) is 0 Å². The molecule has 100 valence electrons. The molecule has 18 heavy (non-hydrogen) atoms. The monoisotopic (exact) mass is 254 g/mol. The summed E-state index contributed by atoms with van der Waals surface area (Å²) in [6, 6.07) is 3.06. The van der Waals surface area contributed by atoms with E-state index in [1.54, 1.807) is 32.2 Å². The summed E-state index contributed by atoms with van der Waals surface area (Å²) in [6.45, 7) is 4.09. The van der Waals surface area contributed by atoms with Crippen LogP contribution in [0.3, 0.4) is 0 Å². The Bertz CT molecular complexity index is 375. The van der Waals surface area contributed by atoms with Gasteiger partial charge >= 0.3 is 5.97 Å². The molecule has 0 fully saturated rings. The van der Waals surface area contributed by atoms with Crippen molar-refractivity contribution in [3.8, 4) is 0 Å². The predicted octanol–water partition coefficient (Wildman–Crippen LogP) is 0.437. The average Bonchev–Trinajstić information content (AvgIpc) is 2.86. The van der Waals surface area contributed by atoms with Crippen molar-refractivity contribution in [2.24, 2.45) is 0 Å². The molecule has 0 aromatic carbocycles. The van der Waals surface area contributed by atoms with Crippen molar-refractivity contribution in [3.63, 3.8) is 0 Å². The van der Waals surface area contributed by atoms with Gasteiger partial charge in [0.15, 0.2) is 0 Å². The van der Waals surface area contributed by atoms with Gasteiger partial charge in [0.1, 0.15) is 5.76 Å². The topological polar surface area (TPSA) is 80.6 Å². The van der Waals surface area contributed by atoms with Crippen LogP contribution in [-0.4, -0.2) is 31.1 Å². The van der Waals surface area contributed by atoms with Gasteiger partial charge in [-0.1, -0.05) is 0 Å². The average molecular weight is 254 g/mol. The van der Waals surface area contributed by atoms with Gasteiger partial charge in [-0.3, -0.25) is 14.9 Å². The summed E-state index contributed by atoms with van der Waals surface area (Å²) in [5, 5.41) is 5.47. The second-order valence-electron chi connectivity index (χ2n) is 3.70. The van der Waals surface area contributed by atoms with E-state index in [1.807, 2.05) is 0 Å². The van der Waals surface area contributed by atoms with Crippen LogP contribution in [0.1, 0.15) is 19.6 Å². The van der Waals surface area contributed by atoms with Crippen LogP contribution in [0.2, 0.25) is 0 Å². The Morgan fingerprint density at radius 3 is 2.89 bits per heavy atom. The highest BCUT2D eigenvalue weighted by Gasteiger charge is 2.13. The van der Waals surface area contributed by atoms with Crippen LogP contribution in [-0.2, 0) is 20.9 Å². The lowest BCUT2D eigenvalue weighted by molar-refractivity contribution is -0.142. The van der Waals surface area contributed by atoms with Crippen molar-refractivity contribution in [1.82, 2.24) is 10.6 Å². The largest absolute Gasteiger partial charge is 0.467 e. The number of hydrogen-bond donors (Lipinski definition) is 2. The molecule has 6 heteroatoms. The lowest BCUT2D eigenvalue weighted by Crippen LogP contribution is -2.44. The SMILES string of the molecule is CCOC(=O)CNC(C)C(=O)NCc1ccco1. The van der Waals surface area contributed by atoms with E-state index in [2.05, 4.69) is 10.6 Å². The van der Waals surface area contributed by atoms with Gasteiger partial charge < -0.3 is 14.5 Å². The molecule has 1 aromatic rings. The Morgan fingerprint density at radius 1 is 1.50 bits per heavy atom. The highest BCUT2D eigenvalue weighted by molar-refractivity contribution is 5.82. The van der Waals surface area contributed by atoms with Crippen molar-refractivity contribution in [1.29, 1.82) is 0 Å². The van der Waals surface area contributed by atoms with Gasteiger partial charge in [-0.2, -0.15) is 0 Å². The van der Waals surface area contributed by atoms with E-state index in [0.717, 1.165) is 0 Å². The van der Waals surface area contributed by atoms with E-state index in [4.69, 9.17) is 9.15 Å². The first kappa shape index (κ1) is 14.2. The van der Waals surface area contributed by atoms with Gasteiger partial charge in [-0.15, -0.1) is 0 Å². The Labute approximate surface area is 106 Å². The van der Waals surface area contributed by atoms with E-state index < -0.39 is 6.04 Å². The normalized spacial score (nSPS) is 11.9. The second kappa shape index (κ2) is 7.50. The number of rotatable bonds is 7. The fourth-order valence-corrected chi connectivity index (χ4v) is 1.28. The quantitative estimate of drug-likeness (QED) is 0.690. The van der Waals surface area contributed by atoms with Crippen molar-refractivity contribution in [2.45, 2.75) is 26.4 Å². The molecule has 0 aliphatic heterocycles. The van der Waals surface area contributed by atoms with Gasteiger partial charge in [-0.05, 0) is 26.0 Å². The first-order valence-electron chi connectivity index (χ1n) is 5.82. The van der Waals surface area contributed by atoms with Crippen LogP contribution in [0.25, 0.3) is 0 Å². The van der Waals surface area contributed by atoms with Crippen molar-refractivity contribution in [2.75, 3.05) is 13.2 Å². The van der Waals surface area contributed by atoms with Crippen LogP contribution < -0.4 is 10.6 Å². The van der Waals surface area contributed by atoms with E-state index in [9.17, 15) is 9.59 Å². The molecule has 0 saturated carbocycles. The molecule has 2 N–H and O–H groups in total. The van der Waals surface area contributed by atoms with Crippen LogP contribution in [0, 0.1) is 0 Å². The number of carbonyl (C=O) groups is 2. The molecule has 1 unspecified atom stereocenters. The molecular formula is C12H18N2O4. The summed E-state index contributed by atoms with van der Waals surface area (Å²) in [6.07, 6.45) is 1.55. The molecule has 0 aliphatic rings. The van der Waals surface area contributed by atoms with Crippen molar-refractivity contribution < 1.29 is 18.7 Å². The minimum atomic E-state index is -0.468. The summed E-state index contributed by atoms with van der Waals surface area (Å²) >= 11 is 0. The number of furan rings is 1. The zero-order valence-corrected chi connectivity index (χ0v) is 10.6. The smallest absolute Gasteiger partial charge is 0.319 e. The lowest BCUT2D eigenvalue weighted by Gasteiger charge is -2.12. The highest BCUT2D eigenvalue weighted by Crippen LogP contribution is 1.98. The molecule has 1 atom stereocenters. The standard InChI is InChI=1S/C12H18N2O4/c1-3-17-11(15)8-13-9(2)12(16)14-7-10-5-4-6-18-10/h4-6,9,13H,3,7-8H2,1-2H3,(H,14,16). The molecule has 1 rings (SSSR count). The molecule has 0 saturated heterocycles. The van der Waals surface area contributed by atoms with E-state index >= 15 is 0 Å². The number of amides is 1. The number of nitrogens with one attached hydrogen (secondary N) is 2. The predicted molar refractivity (Wildman–Crippen MR) is 64.7 cm³/mol. The van der Waals surface area contributed by atoms with Crippen LogP contribution >= 0.6 is 0 Å². The number of carbonyl (C=O) groups excluding carboxylic acids is 2. The molecule has 0 aliphatic carbocycles. The van der Waals surface area contributed by atoms with Gasteiger partial charge in [0, 0.05) is 0 Å². The molecule has 1 amide bonds. The third-order valence-electron chi connectivity index (χ3n) is 2.27. The first-order chi connectivity index (χ1) is 8.63. The highest BCUT2D eigenvalue weighted by atomic mass is 16.5. The Balaban J connectivity index is 2.22. The second-order valence-corrected chi connectivity index (χ2v) is 3.70. The third-order valence-corrected chi connectivity index (χ3v) is 2.27. The van der Waals surface area contributed by atoms with Crippen LogP contribution in [0.4, 0.5) is 0 Å². The van der Waals surface area contributed by atoms with Crippen LogP contribution in [0.5, 0.6) is 0 Å². The zero-order valence-electron chi connectivity index (χ0n) is 10.6. The lowest BCUT2D eigenvalue weighted by atomic mass is 10.3. The molecule has 0 spiro atoms. The maximum Gasteiger partial charge on any atom is 0.319 e. The molecule has 1 heterocycles. The summed E-state index contributed by atoms with van der Waals surface area (Å²) in [7, 11) is 0. The zero-order chi connectivity index (χ0) is 13.4. The summed E-state index contributed by atoms with van der Waals surface area (Å²) in [5.74, 6) is 0.111. The third kappa shape index (κ3) is 5.01. The summed E-state index contributed by atoms with van der Waals surface area (Å²) in [4.78, 5) is 22.7. The van der Waals surface area contributed by atoms with Gasteiger partial charge in [0.25, 0.3) is 0 Å². The maximum absolute atomic E-state index is 11.6. The van der Waals surface area contributed by atoms with Crippen molar-refractivity contribution in [3.05, 3.63) is 24.2 Å². The number of ether oxygens (including phenoxy) is 1. The van der Waals surface area contributed by atoms with E-state index in [-0.39, 0.29) is 18.4 Å². The van der Waals surface area contributed by atoms with Gasteiger partial charge in [0.2, 0.25) is 5.91 Å². The van der Waals surface area contributed by atoms with E-state index in [0.29, 0.717) is 18.9 Å². The molecule has 6 nitrogen and oxygen atoms in total. The minimum Gasteiger partial charge on any atom is -0.467 e. The summed E-state index contributed by atoms with van der Waals surface area (Å²) in [5.41, 5.74) is 0. The number of hydrogen-bond acceptors (Lipinski definition) is 5. The molecule has 1 aromatic heterocycles. The fourth-order valence-electron chi connectivity index (χ4n) is 1.28. The van der Waals surface area contributed by atoms with Gasteiger partial charge in [0.05, 0.1) is 32.0 Å². The van der Waals surface area contributed by atoms with Crippen molar-refractivity contribution >= 4 is 11.9 Å². The Hall–Kier alpha value is -1.82. The van der Waals surface area contributed by atoms with E-state index in [1.165, 1.54) is 0 Å². The van der Waals surface area contributed by atoms with Crippen LogP contribution in [0.15, 0.2) is 22.8 Å². The molecule has 0 radical (unpaired) electrons. The molecular weight excluding hydrogens is 236 g/mol. The first-order valence-corrected chi connectivity index (χ1v) is 5.82. The Kier molecular flexibility index (Phi) is 5.93. The minimum absolute atomic E-state index is 0.0170. The fraction of sp³-hybridized carbons (Fsp3) is 0.500. The Morgan fingerprint density at radius 2 is 2.28 bits per heavy atom. The summed E-state index contributed by atoms with van der Waals surface area (Å²) < 4.78 is 9.83.